The normalized spacial score (nSPS) is 17.7. The topological polar surface area (TPSA) is 54.0 Å². The van der Waals surface area contributed by atoms with E-state index < -0.39 is 0 Å². The first-order valence-electron chi connectivity index (χ1n) is 11.3. The number of aryl methyl sites for hydroxylation is 2. The van der Waals surface area contributed by atoms with Gasteiger partial charge in [-0.25, -0.2) is 4.79 Å². The van der Waals surface area contributed by atoms with E-state index in [4.69, 9.17) is 4.42 Å². The van der Waals surface area contributed by atoms with Gasteiger partial charge >= 0.3 is 5.63 Å². The summed E-state index contributed by atoms with van der Waals surface area (Å²) in [5.74, 6) is 0. The number of nitrogens with zero attached hydrogens (tertiary/aromatic N) is 4. The van der Waals surface area contributed by atoms with Gasteiger partial charge in [0, 0.05) is 66.8 Å². The van der Waals surface area contributed by atoms with Gasteiger partial charge in [0.1, 0.15) is 5.58 Å². The highest BCUT2D eigenvalue weighted by atomic mass is 16.4. The zero-order valence-electron chi connectivity index (χ0n) is 19.4. The van der Waals surface area contributed by atoms with E-state index in [9.17, 15) is 4.79 Å². The Hall–Kier alpha value is -3.12. The Morgan fingerprint density at radius 3 is 2.66 bits per heavy atom. The van der Waals surface area contributed by atoms with Crippen LogP contribution in [0.2, 0.25) is 0 Å². The average molecular weight is 431 g/mol. The zero-order chi connectivity index (χ0) is 22.6. The number of rotatable bonds is 3. The molecule has 1 atom stereocenters. The van der Waals surface area contributed by atoms with Crippen LogP contribution in [0.4, 0.5) is 5.69 Å². The monoisotopic (exact) mass is 430 g/mol. The van der Waals surface area contributed by atoms with Gasteiger partial charge < -0.3 is 13.7 Å². The molecule has 5 rings (SSSR count). The number of aromatic nitrogens is 2. The molecule has 4 heterocycles. The summed E-state index contributed by atoms with van der Waals surface area (Å²) in [6.45, 7) is 13.7. The van der Waals surface area contributed by atoms with Gasteiger partial charge in [-0.2, -0.15) is 0 Å². The lowest BCUT2D eigenvalue weighted by atomic mass is 10.1. The molecule has 0 saturated carbocycles. The van der Waals surface area contributed by atoms with Crippen molar-refractivity contribution in [2.75, 3.05) is 24.5 Å². The molecule has 1 saturated heterocycles. The first-order valence-corrected chi connectivity index (χ1v) is 11.3. The highest BCUT2D eigenvalue weighted by Crippen LogP contribution is 2.28. The van der Waals surface area contributed by atoms with Crippen molar-refractivity contribution >= 4 is 22.2 Å². The number of anilines is 1. The van der Waals surface area contributed by atoms with E-state index in [-0.39, 0.29) is 5.63 Å². The van der Waals surface area contributed by atoms with Gasteiger partial charge in [0.05, 0.1) is 22.5 Å². The van der Waals surface area contributed by atoms with Crippen molar-refractivity contribution in [1.82, 2.24) is 14.3 Å². The van der Waals surface area contributed by atoms with Crippen LogP contribution in [-0.2, 0) is 0 Å². The molecule has 32 heavy (non-hydrogen) atoms. The highest BCUT2D eigenvalue weighted by Gasteiger charge is 2.25. The van der Waals surface area contributed by atoms with Gasteiger partial charge in [0.15, 0.2) is 0 Å². The molecular formula is C26H30N4O2. The minimum Gasteiger partial charge on any atom is -0.422 e. The van der Waals surface area contributed by atoms with Gasteiger partial charge in [-0.05, 0) is 58.9 Å². The van der Waals surface area contributed by atoms with Gasteiger partial charge in [-0.3, -0.25) is 9.88 Å². The van der Waals surface area contributed by atoms with Crippen molar-refractivity contribution in [3.8, 4) is 11.1 Å². The van der Waals surface area contributed by atoms with E-state index in [2.05, 4.69) is 47.7 Å². The zero-order valence-corrected chi connectivity index (χ0v) is 19.4. The Kier molecular flexibility index (Phi) is 5.05. The predicted octanol–water partition coefficient (Wildman–Crippen LogP) is 4.64. The van der Waals surface area contributed by atoms with E-state index in [1.54, 1.807) is 0 Å². The van der Waals surface area contributed by atoms with E-state index >= 15 is 0 Å². The third-order valence-electron chi connectivity index (χ3n) is 6.63. The quantitative estimate of drug-likeness (QED) is 0.443. The smallest absolute Gasteiger partial charge is 0.344 e. The van der Waals surface area contributed by atoms with Crippen LogP contribution in [-0.4, -0.2) is 46.0 Å². The third kappa shape index (κ3) is 3.58. The summed E-state index contributed by atoms with van der Waals surface area (Å²) < 4.78 is 7.82. The second kappa shape index (κ2) is 7.78. The van der Waals surface area contributed by atoms with E-state index in [0.29, 0.717) is 23.2 Å². The Morgan fingerprint density at radius 2 is 1.91 bits per heavy atom. The molecule has 0 spiro atoms. The van der Waals surface area contributed by atoms with Gasteiger partial charge in [-0.1, -0.05) is 0 Å². The SMILES string of the molecule is Cc1cn2cc(-c3cc4ccc(N5CCN(C(C)C)[C@@H](C)C5)cc4oc3=O)cc2c(C)n1. The first kappa shape index (κ1) is 20.8. The molecule has 6 heteroatoms. The maximum Gasteiger partial charge on any atom is 0.344 e. The molecule has 6 nitrogen and oxygen atoms in total. The molecule has 0 radical (unpaired) electrons. The Balaban J connectivity index is 1.49. The number of hydrogen-bond donors (Lipinski definition) is 0. The van der Waals surface area contributed by atoms with Crippen molar-refractivity contribution < 1.29 is 4.42 Å². The van der Waals surface area contributed by atoms with Gasteiger partial charge in [0.2, 0.25) is 0 Å². The van der Waals surface area contributed by atoms with Crippen molar-refractivity contribution in [2.45, 2.75) is 46.7 Å². The van der Waals surface area contributed by atoms with Gasteiger partial charge in [0.25, 0.3) is 0 Å². The molecule has 1 aromatic carbocycles. The molecule has 166 valence electrons. The predicted molar refractivity (Wildman–Crippen MR) is 130 cm³/mol. The molecule has 3 aromatic heterocycles. The fraction of sp³-hybridized carbons (Fsp3) is 0.385. The molecule has 0 unspecified atom stereocenters. The molecular weight excluding hydrogens is 400 g/mol. The standard InChI is InChI=1S/C26H30N4O2/c1-16(2)30-9-8-28(14-18(30)4)22-7-6-20-10-23(26(31)32-25(20)12-22)21-11-24-19(5)27-17(3)13-29(24)15-21/h6-7,10-13,15-16,18H,8-9,14H2,1-5H3/t18-/m0/s1. The summed E-state index contributed by atoms with van der Waals surface area (Å²) in [4.78, 5) is 22.3. The van der Waals surface area contributed by atoms with Crippen molar-refractivity contribution in [1.29, 1.82) is 0 Å². The molecule has 0 amide bonds. The van der Waals surface area contributed by atoms with Crippen molar-refractivity contribution in [2.24, 2.45) is 0 Å². The third-order valence-corrected chi connectivity index (χ3v) is 6.63. The molecule has 1 fully saturated rings. The molecule has 0 aliphatic carbocycles. The summed E-state index contributed by atoms with van der Waals surface area (Å²) in [6.07, 6.45) is 3.94. The highest BCUT2D eigenvalue weighted by molar-refractivity contribution is 5.85. The summed E-state index contributed by atoms with van der Waals surface area (Å²) in [7, 11) is 0. The lowest BCUT2D eigenvalue weighted by Crippen LogP contribution is -2.54. The Labute approximate surface area is 188 Å². The maximum absolute atomic E-state index is 12.9. The number of benzene rings is 1. The molecule has 0 bridgehead atoms. The van der Waals surface area contributed by atoms with Crippen LogP contribution in [0.25, 0.3) is 27.6 Å². The van der Waals surface area contributed by atoms with Crippen molar-refractivity contribution in [3.05, 3.63) is 64.5 Å². The van der Waals surface area contributed by atoms with Crippen LogP contribution in [0, 0.1) is 13.8 Å². The lowest BCUT2D eigenvalue weighted by molar-refractivity contribution is 0.148. The minimum atomic E-state index is -0.314. The summed E-state index contributed by atoms with van der Waals surface area (Å²) in [6, 6.07) is 11.2. The molecule has 1 aliphatic rings. The van der Waals surface area contributed by atoms with Crippen LogP contribution < -0.4 is 10.5 Å². The van der Waals surface area contributed by atoms with Gasteiger partial charge in [-0.15, -0.1) is 0 Å². The van der Waals surface area contributed by atoms with Crippen LogP contribution in [0.1, 0.15) is 32.2 Å². The van der Waals surface area contributed by atoms with E-state index in [1.165, 1.54) is 0 Å². The number of hydrogen-bond acceptors (Lipinski definition) is 5. The average Bonchev–Trinajstić information content (AvgIpc) is 3.16. The number of fused-ring (bicyclic) bond motifs is 2. The van der Waals surface area contributed by atoms with Crippen LogP contribution in [0.5, 0.6) is 0 Å². The molecule has 4 aromatic rings. The van der Waals surface area contributed by atoms with Crippen molar-refractivity contribution in [3.63, 3.8) is 0 Å². The van der Waals surface area contributed by atoms with Crippen LogP contribution in [0.3, 0.4) is 0 Å². The molecule has 1 aliphatic heterocycles. The Morgan fingerprint density at radius 1 is 1.09 bits per heavy atom. The second-order valence-electron chi connectivity index (χ2n) is 9.29. The maximum atomic E-state index is 12.9. The number of piperazine rings is 1. The molecule has 0 N–H and O–H groups in total. The second-order valence-corrected chi connectivity index (χ2v) is 9.29. The van der Waals surface area contributed by atoms with Crippen LogP contribution in [0.15, 0.2) is 51.9 Å². The first-order chi connectivity index (χ1) is 15.3. The van der Waals surface area contributed by atoms with Crippen LogP contribution >= 0.6 is 0 Å². The fourth-order valence-electron chi connectivity index (χ4n) is 5.05. The summed E-state index contributed by atoms with van der Waals surface area (Å²) in [5.41, 5.74) is 5.73. The van der Waals surface area contributed by atoms with E-state index in [1.807, 2.05) is 48.8 Å². The summed E-state index contributed by atoms with van der Waals surface area (Å²) in [5, 5.41) is 0.929. The fourth-order valence-corrected chi connectivity index (χ4v) is 5.05. The van der Waals surface area contributed by atoms with E-state index in [0.717, 1.165) is 53.2 Å². The minimum absolute atomic E-state index is 0.314. The largest absolute Gasteiger partial charge is 0.422 e. The lowest BCUT2D eigenvalue weighted by Gasteiger charge is -2.43. The Bertz CT molecular complexity index is 1370. The summed E-state index contributed by atoms with van der Waals surface area (Å²) >= 11 is 0.